The van der Waals surface area contributed by atoms with E-state index in [9.17, 15) is 9.90 Å². The Bertz CT molecular complexity index is 257. The number of carboxylic acid groups (broad SMARTS) is 1. The summed E-state index contributed by atoms with van der Waals surface area (Å²) in [6, 6.07) is 0. The maximum atomic E-state index is 11.4. The average Bonchev–Trinajstić information content (AvgIpc) is 2.15. The van der Waals surface area contributed by atoms with Crippen molar-refractivity contribution in [1.82, 2.24) is 4.90 Å². The standard InChI is InChI=1S/C13H25NO2/c1-5-13(11(15)16)7-6-8-14(10-13)9-12(2,3)4/h5-10H2,1-4H3,(H,15,16). The molecule has 1 heterocycles. The zero-order valence-corrected chi connectivity index (χ0v) is 11.0. The van der Waals surface area contributed by atoms with Gasteiger partial charge in [0.2, 0.25) is 0 Å². The monoisotopic (exact) mass is 227 g/mol. The van der Waals surface area contributed by atoms with Crippen LogP contribution in [0.3, 0.4) is 0 Å². The van der Waals surface area contributed by atoms with Crippen molar-refractivity contribution in [2.24, 2.45) is 10.8 Å². The van der Waals surface area contributed by atoms with Crippen LogP contribution >= 0.6 is 0 Å². The largest absolute Gasteiger partial charge is 0.481 e. The minimum absolute atomic E-state index is 0.245. The van der Waals surface area contributed by atoms with Crippen molar-refractivity contribution in [2.45, 2.75) is 47.0 Å². The Balaban J connectivity index is 2.69. The van der Waals surface area contributed by atoms with Gasteiger partial charge in [-0.15, -0.1) is 0 Å². The second-order valence-corrected chi connectivity index (χ2v) is 6.31. The molecule has 0 bridgehead atoms. The number of piperidine rings is 1. The maximum Gasteiger partial charge on any atom is 0.310 e. The molecule has 1 N–H and O–H groups in total. The summed E-state index contributed by atoms with van der Waals surface area (Å²) in [6.45, 7) is 11.4. The van der Waals surface area contributed by atoms with Gasteiger partial charge in [-0.3, -0.25) is 4.79 Å². The fourth-order valence-electron chi connectivity index (χ4n) is 2.65. The Hall–Kier alpha value is -0.570. The molecular weight excluding hydrogens is 202 g/mol. The Morgan fingerprint density at radius 3 is 2.50 bits per heavy atom. The second kappa shape index (κ2) is 4.74. The highest BCUT2D eigenvalue weighted by atomic mass is 16.4. The lowest BCUT2D eigenvalue weighted by molar-refractivity contribution is -0.153. The Kier molecular flexibility index (Phi) is 4.00. The molecule has 0 aromatic carbocycles. The summed E-state index contributed by atoms with van der Waals surface area (Å²) in [4.78, 5) is 13.7. The molecule has 0 amide bonds. The SMILES string of the molecule is CCC1(C(=O)O)CCCN(CC(C)(C)C)C1. The van der Waals surface area contributed by atoms with Crippen LogP contribution in [0.1, 0.15) is 47.0 Å². The lowest BCUT2D eigenvalue weighted by atomic mass is 9.77. The molecule has 0 aromatic rings. The molecule has 1 fully saturated rings. The first-order chi connectivity index (χ1) is 7.29. The van der Waals surface area contributed by atoms with Crippen LogP contribution in [0, 0.1) is 10.8 Å². The van der Waals surface area contributed by atoms with Crippen molar-refractivity contribution in [3.63, 3.8) is 0 Å². The predicted octanol–water partition coefficient (Wildman–Crippen LogP) is 2.61. The van der Waals surface area contributed by atoms with E-state index in [0.29, 0.717) is 0 Å². The quantitative estimate of drug-likeness (QED) is 0.805. The molecule has 1 atom stereocenters. The molecule has 94 valence electrons. The minimum Gasteiger partial charge on any atom is -0.481 e. The van der Waals surface area contributed by atoms with Crippen molar-refractivity contribution in [1.29, 1.82) is 0 Å². The fourth-order valence-corrected chi connectivity index (χ4v) is 2.65. The first kappa shape index (κ1) is 13.5. The summed E-state index contributed by atoms with van der Waals surface area (Å²) in [5.41, 5.74) is -0.251. The van der Waals surface area contributed by atoms with Gasteiger partial charge in [-0.2, -0.15) is 0 Å². The second-order valence-electron chi connectivity index (χ2n) is 6.31. The summed E-state index contributed by atoms with van der Waals surface area (Å²) in [6.07, 6.45) is 2.58. The van der Waals surface area contributed by atoms with Crippen molar-refractivity contribution in [3.8, 4) is 0 Å². The van der Waals surface area contributed by atoms with Gasteiger partial charge in [-0.05, 0) is 31.2 Å². The summed E-state index contributed by atoms with van der Waals surface area (Å²) < 4.78 is 0. The molecule has 3 nitrogen and oxygen atoms in total. The Morgan fingerprint density at radius 2 is 2.06 bits per heavy atom. The summed E-state index contributed by atoms with van der Waals surface area (Å²) in [7, 11) is 0. The van der Waals surface area contributed by atoms with E-state index in [-0.39, 0.29) is 5.41 Å². The number of likely N-dealkylation sites (tertiary alicyclic amines) is 1. The van der Waals surface area contributed by atoms with E-state index in [1.165, 1.54) is 0 Å². The zero-order chi connectivity index (χ0) is 12.4. The number of carbonyl (C=O) groups is 1. The maximum absolute atomic E-state index is 11.4. The molecule has 1 unspecified atom stereocenters. The van der Waals surface area contributed by atoms with Gasteiger partial charge in [0.25, 0.3) is 0 Å². The molecule has 0 spiro atoms. The van der Waals surface area contributed by atoms with E-state index in [0.717, 1.165) is 38.9 Å². The van der Waals surface area contributed by atoms with Gasteiger partial charge in [-0.1, -0.05) is 27.7 Å². The van der Waals surface area contributed by atoms with E-state index < -0.39 is 11.4 Å². The van der Waals surface area contributed by atoms with E-state index in [4.69, 9.17) is 0 Å². The third kappa shape index (κ3) is 3.21. The van der Waals surface area contributed by atoms with Crippen LogP contribution in [-0.4, -0.2) is 35.6 Å². The van der Waals surface area contributed by atoms with E-state index in [1.807, 2.05) is 6.92 Å². The van der Waals surface area contributed by atoms with E-state index in [2.05, 4.69) is 25.7 Å². The van der Waals surface area contributed by atoms with Gasteiger partial charge in [0, 0.05) is 13.1 Å². The van der Waals surface area contributed by atoms with Crippen molar-refractivity contribution >= 4 is 5.97 Å². The highest BCUT2D eigenvalue weighted by molar-refractivity contribution is 5.75. The van der Waals surface area contributed by atoms with Gasteiger partial charge in [0.05, 0.1) is 5.41 Å². The van der Waals surface area contributed by atoms with Gasteiger partial charge < -0.3 is 10.0 Å². The number of hydrogen-bond acceptors (Lipinski definition) is 2. The lowest BCUT2D eigenvalue weighted by Gasteiger charge is -2.41. The molecule has 1 aliphatic rings. The van der Waals surface area contributed by atoms with Crippen LogP contribution in [0.2, 0.25) is 0 Å². The molecule has 0 saturated carbocycles. The van der Waals surface area contributed by atoms with E-state index >= 15 is 0 Å². The smallest absolute Gasteiger partial charge is 0.310 e. The van der Waals surface area contributed by atoms with Crippen LogP contribution in [0.5, 0.6) is 0 Å². The Labute approximate surface area is 98.8 Å². The molecule has 16 heavy (non-hydrogen) atoms. The predicted molar refractivity (Wildman–Crippen MR) is 65.5 cm³/mol. The number of carboxylic acids is 1. The van der Waals surface area contributed by atoms with Crippen molar-refractivity contribution in [3.05, 3.63) is 0 Å². The van der Waals surface area contributed by atoms with Gasteiger partial charge in [0.15, 0.2) is 0 Å². The Morgan fingerprint density at radius 1 is 1.44 bits per heavy atom. The fraction of sp³-hybridized carbons (Fsp3) is 0.923. The molecule has 0 radical (unpaired) electrons. The van der Waals surface area contributed by atoms with Crippen LogP contribution in [0.25, 0.3) is 0 Å². The molecule has 1 saturated heterocycles. The van der Waals surface area contributed by atoms with Gasteiger partial charge in [-0.25, -0.2) is 0 Å². The first-order valence-corrected chi connectivity index (χ1v) is 6.25. The third-order valence-electron chi connectivity index (χ3n) is 3.48. The molecule has 0 aliphatic carbocycles. The minimum atomic E-state index is -0.617. The van der Waals surface area contributed by atoms with Gasteiger partial charge in [0.1, 0.15) is 0 Å². The van der Waals surface area contributed by atoms with Crippen LogP contribution in [0.15, 0.2) is 0 Å². The number of hydrogen-bond donors (Lipinski definition) is 1. The number of aliphatic carboxylic acids is 1. The molecule has 1 rings (SSSR count). The average molecular weight is 227 g/mol. The molecule has 1 aliphatic heterocycles. The molecule has 0 aromatic heterocycles. The topological polar surface area (TPSA) is 40.5 Å². The number of nitrogens with zero attached hydrogens (tertiary/aromatic N) is 1. The summed E-state index contributed by atoms with van der Waals surface area (Å²) >= 11 is 0. The van der Waals surface area contributed by atoms with Crippen molar-refractivity contribution < 1.29 is 9.90 Å². The third-order valence-corrected chi connectivity index (χ3v) is 3.48. The normalized spacial score (nSPS) is 28.0. The van der Waals surface area contributed by atoms with E-state index in [1.54, 1.807) is 0 Å². The number of rotatable bonds is 3. The summed E-state index contributed by atoms with van der Waals surface area (Å²) in [5.74, 6) is -0.617. The highest BCUT2D eigenvalue weighted by Gasteiger charge is 2.41. The zero-order valence-electron chi connectivity index (χ0n) is 11.0. The molecular formula is C13H25NO2. The van der Waals surface area contributed by atoms with Crippen LogP contribution < -0.4 is 0 Å². The van der Waals surface area contributed by atoms with Crippen LogP contribution in [0.4, 0.5) is 0 Å². The highest BCUT2D eigenvalue weighted by Crippen LogP contribution is 2.34. The summed E-state index contributed by atoms with van der Waals surface area (Å²) in [5, 5.41) is 9.38. The van der Waals surface area contributed by atoms with Crippen LogP contribution in [-0.2, 0) is 4.79 Å². The van der Waals surface area contributed by atoms with Crippen molar-refractivity contribution in [2.75, 3.05) is 19.6 Å². The first-order valence-electron chi connectivity index (χ1n) is 6.25. The lowest BCUT2D eigenvalue weighted by Crippen LogP contribution is -2.49. The molecule has 3 heteroatoms. The van der Waals surface area contributed by atoms with Gasteiger partial charge >= 0.3 is 5.97 Å².